The molecule has 0 aliphatic heterocycles. The fourth-order valence-electron chi connectivity index (χ4n) is 1.70. The summed E-state index contributed by atoms with van der Waals surface area (Å²) in [6.07, 6.45) is 1.65. The summed E-state index contributed by atoms with van der Waals surface area (Å²) in [5.74, 6) is 0.330. The number of aryl methyl sites for hydroxylation is 1. The van der Waals surface area contributed by atoms with Gasteiger partial charge in [0.15, 0.2) is 0 Å². The number of rotatable bonds is 3. The molecule has 3 N–H and O–H groups in total. The van der Waals surface area contributed by atoms with E-state index < -0.39 is 0 Å². The smallest absolute Gasteiger partial charge is 0.255 e. The van der Waals surface area contributed by atoms with Crippen molar-refractivity contribution in [1.29, 1.82) is 0 Å². The number of nitrogens with one attached hydrogen (secondary N) is 1. The summed E-state index contributed by atoms with van der Waals surface area (Å²) in [4.78, 5) is 16.1. The second-order valence-electron chi connectivity index (χ2n) is 4.10. The number of nitrogens with zero attached hydrogens (tertiary/aromatic N) is 1. The normalized spacial score (nSPS) is 10.0. The Labute approximate surface area is 111 Å². The Hall–Kier alpha value is -2.56. The van der Waals surface area contributed by atoms with E-state index in [1.54, 1.807) is 36.5 Å². The Bertz CT molecular complexity index is 611. The SMILES string of the molecule is COc1ccc(C(=O)Nc2ccnc(C)c2)cc1N. The molecule has 1 amide bonds. The van der Waals surface area contributed by atoms with Crippen molar-refractivity contribution < 1.29 is 9.53 Å². The van der Waals surface area contributed by atoms with E-state index in [0.29, 0.717) is 22.7 Å². The summed E-state index contributed by atoms with van der Waals surface area (Å²) in [5.41, 5.74) is 8.22. The van der Waals surface area contributed by atoms with E-state index in [0.717, 1.165) is 5.69 Å². The van der Waals surface area contributed by atoms with Crippen LogP contribution >= 0.6 is 0 Å². The lowest BCUT2D eigenvalue weighted by Gasteiger charge is -2.08. The van der Waals surface area contributed by atoms with Gasteiger partial charge in [-0.05, 0) is 37.3 Å². The molecule has 0 radical (unpaired) electrons. The molecule has 0 aliphatic carbocycles. The molecule has 0 unspecified atom stereocenters. The molecule has 1 aromatic carbocycles. The number of pyridine rings is 1. The first-order chi connectivity index (χ1) is 9.10. The molecule has 98 valence electrons. The Balaban J connectivity index is 2.18. The Morgan fingerprint density at radius 2 is 2.11 bits per heavy atom. The monoisotopic (exact) mass is 257 g/mol. The highest BCUT2D eigenvalue weighted by Crippen LogP contribution is 2.22. The number of anilines is 2. The molecule has 0 bridgehead atoms. The van der Waals surface area contributed by atoms with E-state index >= 15 is 0 Å². The lowest BCUT2D eigenvalue weighted by Crippen LogP contribution is -2.12. The van der Waals surface area contributed by atoms with Crippen LogP contribution in [0.1, 0.15) is 16.1 Å². The van der Waals surface area contributed by atoms with Crippen LogP contribution in [0.4, 0.5) is 11.4 Å². The predicted octanol–water partition coefficient (Wildman–Crippen LogP) is 2.23. The summed E-state index contributed by atoms with van der Waals surface area (Å²) in [6.45, 7) is 1.86. The van der Waals surface area contributed by atoms with Gasteiger partial charge in [0.05, 0.1) is 12.8 Å². The quantitative estimate of drug-likeness (QED) is 0.827. The van der Waals surface area contributed by atoms with Crippen LogP contribution in [0.5, 0.6) is 5.75 Å². The number of amides is 1. The molecule has 5 heteroatoms. The molecule has 0 fully saturated rings. The fourth-order valence-corrected chi connectivity index (χ4v) is 1.70. The Morgan fingerprint density at radius 3 is 2.74 bits per heavy atom. The first-order valence-corrected chi connectivity index (χ1v) is 5.77. The van der Waals surface area contributed by atoms with Crippen LogP contribution in [0, 0.1) is 6.92 Å². The maximum Gasteiger partial charge on any atom is 0.255 e. The van der Waals surface area contributed by atoms with Gasteiger partial charge in [-0.25, -0.2) is 0 Å². The zero-order valence-corrected chi connectivity index (χ0v) is 10.8. The standard InChI is InChI=1S/C14H15N3O2/c1-9-7-11(5-6-16-9)17-14(18)10-3-4-13(19-2)12(15)8-10/h3-8H,15H2,1-2H3,(H,16,17,18). The molecule has 0 saturated heterocycles. The average molecular weight is 257 g/mol. The summed E-state index contributed by atoms with van der Waals surface area (Å²) in [7, 11) is 1.53. The minimum absolute atomic E-state index is 0.222. The van der Waals surface area contributed by atoms with Crippen molar-refractivity contribution in [2.24, 2.45) is 0 Å². The van der Waals surface area contributed by atoms with Crippen LogP contribution in [-0.4, -0.2) is 18.0 Å². The number of benzene rings is 1. The number of carbonyl (C=O) groups is 1. The number of aromatic nitrogens is 1. The minimum atomic E-state index is -0.222. The predicted molar refractivity (Wildman–Crippen MR) is 74.3 cm³/mol. The minimum Gasteiger partial charge on any atom is -0.495 e. The number of carbonyl (C=O) groups excluding carboxylic acids is 1. The van der Waals surface area contributed by atoms with Crippen molar-refractivity contribution >= 4 is 17.3 Å². The van der Waals surface area contributed by atoms with Crippen molar-refractivity contribution in [2.75, 3.05) is 18.2 Å². The van der Waals surface area contributed by atoms with Crippen molar-refractivity contribution in [3.63, 3.8) is 0 Å². The molecule has 1 aromatic heterocycles. The van der Waals surface area contributed by atoms with E-state index in [9.17, 15) is 4.79 Å². The second kappa shape index (κ2) is 5.39. The zero-order chi connectivity index (χ0) is 13.8. The summed E-state index contributed by atoms with van der Waals surface area (Å²) in [6, 6.07) is 8.45. The van der Waals surface area contributed by atoms with Gasteiger partial charge in [0, 0.05) is 23.1 Å². The molecule has 0 aliphatic rings. The third kappa shape index (κ3) is 3.01. The van der Waals surface area contributed by atoms with Gasteiger partial charge in [0.1, 0.15) is 5.75 Å². The van der Waals surface area contributed by atoms with Gasteiger partial charge in [0.2, 0.25) is 0 Å². The topological polar surface area (TPSA) is 77.2 Å². The van der Waals surface area contributed by atoms with E-state index in [2.05, 4.69) is 10.3 Å². The van der Waals surface area contributed by atoms with Crippen molar-refractivity contribution in [1.82, 2.24) is 4.98 Å². The number of hydrogen-bond acceptors (Lipinski definition) is 4. The lowest BCUT2D eigenvalue weighted by molar-refractivity contribution is 0.102. The van der Waals surface area contributed by atoms with Crippen molar-refractivity contribution in [3.05, 3.63) is 47.8 Å². The zero-order valence-electron chi connectivity index (χ0n) is 10.8. The number of nitrogens with two attached hydrogens (primary N) is 1. The Morgan fingerprint density at radius 1 is 1.32 bits per heavy atom. The van der Waals surface area contributed by atoms with Crippen LogP contribution in [0.25, 0.3) is 0 Å². The molecule has 2 rings (SSSR count). The largest absolute Gasteiger partial charge is 0.495 e. The molecule has 1 heterocycles. The van der Waals surface area contributed by atoms with Crippen LogP contribution in [0.3, 0.4) is 0 Å². The van der Waals surface area contributed by atoms with E-state index in [1.807, 2.05) is 6.92 Å². The average Bonchev–Trinajstić information content (AvgIpc) is 2.38. The van der Waals surface area contributed by atoms with Crippen LogP contribution in [0.15, 0.2) is 36.5 Å². The summed E-state index contributed by atoms with van der Waals surface area (Å²) in [5, 5.41) is 2.79. The maximum atomic E-state index is 12.0. The number of methoxy groups -OCH3 is 1. The van der Waals surface area contributed by atoms with Gasteiger partial charge >= 0.3 is 0 Å². The van der Waals surface area contributed by atoms with Crippen LogP contribution in [0.2, 0.25) is 0 Å². The molecule has 19 heavy (non-hydrogen) atoms. The maximum absolute atomic E-state index is 12.0. The second-order valence-corrected chi connectivity index (χ2v) is 4.10. The third-order valence-corrected chi connectivity index (χ3v) is 2.65. The highest BCUT2D eigenvalue weighted by molar-refractivity contribution is 6.05. The molecular formula is C14H15N3O2. The van der Waals surface area contributed by atoms with Gasteiger partial charge in [0.25, 0.3) is 5.91 Å². The third-order valence-electron chi connectivity index (χ3n) is 2.65. The van der Waals surface area contributed by atoms with E-state index in [-0.39, 0.29) is 5.91 Å². The fraction of sp³-hybridized carbons (Fsp3) is 0.143. The van der Waals surface area contributed by atoms with Crippen LogP contribution < -0.4 is 15.8 Å². The molecular weight excluding hydrogens is 242 g/mol. The summed E-state index contributed by atoms with van der Waals surface area (Å²) >= 11 is 0. The molecule has 0 spiro atoms. The number of ether oxygens (including phenoxy) is 1. The van der Waals surface area contributed by atoms with Gasteiger partial charge < -0.3 is 15.8 Å². The van der Waals surface area contributed by atoms with E-state index in [4.69, 9.17) is 10.5 Å². The first-order valence-electron chi connectivity index (χ1n) is 5.77. The van der Waals surface area contributed by atoms with Gasteiger partial charge in [-0.2, -0.15) is 0 Å². The highest BCUT2D eigenvalue weighted by atomic mass is 16.5. The van der Waals surface area contributed by atoms with Crippen molar-refractivity contribution in [2.45, 2.75) is 6.92 Å². The Kier molecular flexibility index (Phi) is 3.66. The van der Waals surface area contributed by atoms with E-state index in [1.165, 1.54) is 7.11 Å². The number of nitrogen functional groups attached to an aromatic ring is 1. The molecule has 2 aromatic rings. The molecule has 0 saturated carbocycles. The van der Waals surface area contributed by atoms with Gasteiger partial charge in [-0.1, -0.05) is 0 Å². The summed E-state index contributed by atoms with van der Waals surface area (Å²) < 4.78 is 5.05. The molecule has 0 atom stereocenters. The van der Waals surface area contributed by atoms with Gasteiger partial charge in [-0.3, -0.25) is 9.78 Å². The van der Waals surface area contributed by atoms with Gasteiger partial charge in [-0.15, -0.1) is 0 Å². The van der Waals surface area contributed by atoms with Crippen LogP contribution in [-0.2, 0) is 0 Å². The highest BCUT2D eigenvalue weighted by Gasteiger charge is 2.09. The van der Waals surface area contributed by atoms with Crippen molar-refractivity contribution in [3.8, 4) is 5.75 Å². The number of hydrogen-bond donors (Lipinski definition) is 2. The lowest BCUT2D eigenvalue weighted by atomic mass is 10.1. The first kappa shape index (κ1) is 12.9. The molecule has 5 nitrogen and oxygen atoms in total.